The van der Waals surface area contributed by atoms with Crippen molar-refractivity contribution in [1.82, 2.24) is 5.32 Å². The van der Waals surface area contributed by atoms with Gasteiger partial charge in [-0.15, -0.1) is 11.6 Å². The fraction of sp³-hybridized carbons (Fsp3) is 0.417. The first-order valence-corrected chi connectivity index (χ1v) is 7.07. The molecule has 94 valence electrons. The second-order valence-electron chi connectivity index (χ2n) is 3.83. The van der Waals surface area contributed by atoms with Crippen LogP contribution in [0.3, 0.4) is 0 Å². The molecule has 5 heteroatoms. The molecule has 1 aromatic carbocycles. The Morgan fingerprint density at radius 1 is 1.53 bits per heavy atom. The summed E-state index contributed by atoms with van der Waals surface area (Å²) in [6.07, 6.45) is 1.75. The van der Waals surface area contributed by atoms with Crippen molar-refractivity contribution in [3.05, 3.63) is 33.3 Å². The lowest BCUT2D eigenvalue weighted by molar-refractivity contribution is 0.0938. The van der Waals surface area contributed by atoms with E-state index in [2.05, 4.69) is 21.2 Å². The number of nitrogens with one attached hydrogen (secondary N) is 1. The Kier molecular flexibility index (Phi) is 6.31. The van der Waals surface area contributed by atoms with Crippen LogP contribution in [0.15, 0.2) is 22.7 Å². The second-order valence-corrected chi connectivity index (χ2v) is 5.53. The van der Waals surface area contributed by atoms with Gasteiger partial charge in [0.1, 0.15) is 0 Å². The number of amides is 1. The minimum atomic E-state index is -0.149. The first kappa shape index (κ1) is 14.8. The summed E-state index contributed by atoms with van der Waals surface area (Å²) in [5.41, 5.74) is 0.493. The van der Waals surface area contributed by atoms with E-state index in [0.29, 0.717) is 16.5 Å². The third-order valence-electron chi connectivity index (χ3n) is 2.32. The van der Waals surface area contributed by atoms with Crippen LogP contribution in [-0.2, 0) is 0 Å². The standard InChI is InChI=1S/C12H14BrCl2NO/c1-8(3-2-6-14)16-12(17)10-5-4-9(13)7-11(10)15/h4-5,7-8H,2-3,6H2,1H3,(H,16,17). The predicted octanol–water partition coefficient (Wildman–Crippen LogP) is 4.24. The smallest absolute Gasteiger partial charge is 0.252 e. The number of hydrogen-bond acceptors (Lipinski definition) is 1. The maximum atomic E-state index is 11.9. The van der Waals surface area contributed by atoms with Crippen LogP contribution in [0.4, 0.5) is 0 Å². The normalized spacial score (nSPS) is 12.2. The summed E-state index contributed by atoms with van der Waals surface area (Å²) < 4.78 is 0.856. The van der Waals surface area contributed by atoms with Crippen LogP contribution >= 0.6 is 39.1 Å². The van der Waals surface area contributed by atoms with Crippen LogP contribution in [0.2, 0.25) is 5.02 Å². The predicted molar refractivity (Wildman–Crippen MR) is 76.0 cm³/mol. The molecule has 0 spiro atoms. The maximum Gasteiger partial charge on any atom is 0.252 e. The molecule has 1 aromatic rings. The molecule has 0 fully saturated rings. The molecule has 0 aromatic heterocycles. The molecular formula is C12H14BrCl2NO. The molecule has 0 radical (unpaired) electrons. The van der Waals surface area contributed by atoms with Gasteiger partial charge in [-0.05, 0) is 38.0 Å². The van der Waals surface area contributed by atoms with Gasteiger partial charge in [0.2, 0.25) is 0 Å². The molecule has 1 N–H and O–H groups in total. The Hall–Kier alpha value is -0.250. The topological polar surface area (TPSA) is 29.1 Å². The molecule has 0 aliphatic rings. The average Bonchev–Trinajstić information content (AvgIpc) is 2.26. The number of carbonyl (C=O) groups is 1. The lowest BCUT2D eigenvalue weighted by Crippen LogP contribution is -2.32. The third kappa shape index (κ3) is 4.86. The van der Waals surface area contributed by atoms with E-state index in [1.54, 1.807) is 18.2 Å². The highest BCUT2D eigenvalue weighted by Crippen LogP contribution is 2.21. The molecule has 0 bridgehead atoms. The van der Waals surface area contributed by atoms with E-state index in [9.17, 15) is 4.79 Å². The van der Waals surface area contributed by atoms with E-state index in [0.717, 1.165) is 17.3 Å². The molecule has 2 nitrogen and oxygen atoms in total. The highest BCUT2D eigenvalue weighted by molar-refractivity contribution is 9.10. The van der Waals surface area contributed by atoms with Gasteiger partial charge in [0.05, 0.1) is 10.6 Å². The summed E-state index contributed by atoms with van der Waals surface area (Å²) >= 11 is 14.9. The van der Waals surface area contributed by atoms with Crippen LogP contribution < -0.4 is 5.32 Å². The SMILES string of the molecule is CC(CCCCl)NC(=O)c1ccc(Br)cc1Cl. The largest absolute Gasteiger partial charge is 0.350 e. The van der Waals surface area contributed by atoms with Crippen molar-refractivity contribution in [2.24, 2.45) is 0 Å². The molecule has 0 heterocycles. The molecule has 0 saturated carbocycles. The molecule has 0 aliphatic heterocycles. The maximum absolute atomic E-state index is 11.9. The van der Waals surface area contributed by atoms with Gasteiger partial charge in [0.25, 0.3) is 5.91 Å². The molecular weight excluding hydrogens is 325 g/mol. The number of alkyl halides is 1. The van der Waals surface area contributed by atoms with Gasteiger partial charge in [-0.3, -0.25) is 4.79 Å². The van der Waals surface area contributed by atoms with Crippen molar-refractivity contribution in [1.29, 1.82) is 0 Å². The quantitative estimate of drug-likeness (QED) is 0.799. The Morgan fingerprint density at radius 2 is 2.24 bits per heavy atom. The zero-order valence-corrected chi connectivity index (χ0v) is 12.6. The third-order valence-corrected chi connectivity index (χ3v) is 3.40. The lowest BCUT2D eigenvalue weighted by atomic mass is 10.1. The number of carbonyl (C=O) groups excluding carboxylic acids is 1. The summed E-state index contributed by atoms with van der Waals surface area (Å²) in [7, 11) is 0. The van der Waals surface area contributed by atoms with Gasteiger partial charge >= 0.3 is 0 Å². The van der Waals surface area contributed by atoms with Crippen LogP contribution in [0.25, 0.3) is 0 Å². The monoisotopic (exact) mass is 337 g/mol. The van der Waals surface area contributed by atoms with Crippen LogP contribution in [-0.4, -0.2) is 17.8 Å². The van der Waals surface area contributed by atoms with Gasteiger partial charge < -0.3 is 5.32 Å². The van der Waals surface area contributed by atoms with Gasteiger partial charge in [0.15, 0.2) is 0 Å². The van der Waals surface area contributed by atoms with E-state index in [1.807, 2.05) is 6.92 Å². The van der Waals surface area contributed by atoms with Crippen LogP contribution in [0, 0.1) is 0 Å². The van der Waals surface area contributed by atoms with Crippen molar-refractivity contribution in [3.8, 4) is 0 Å². The van der Waals surface area contributed by atoms with E-state index < -0.39 is 0 Å². The number of halogens is 3. The molecule has 1 atom stereocenters. The first-order valence-electron chi connectivity index (χ1n) is 5.36. The minimum absolute atomic E-state index is 0.0981. The minimum Gasteiger partial charge on any atom is -0.350 e. The van der Waals surface area contributed by atoms with E-state index in [1.165, 1.54) is 0 Å². The fourth-order valence-corrected chi connectivity index (χ4v) is 2.34. The number of benzene rings is 1. The van der Waals surface area contributed by atoms with E-state index in [-0.39, 0.29) is 11.9 Å². The van der Waals surface area contributed by atoms with E-state index in [4.69, 9.17) is 23.2 Å². The lowest BCUT2D eigenvalue weighted by Gasteiger charge is -2.13. The zero-order chi connectivity index (χ0) is 12.8. The highest BCUT2D eigenvalue weighted by Gasteiger charge is 2.12. The zero-order valence-electron chi connectivity index (χ0n) is 9.47. The highest BCUT2D eigenvalue weighted by atomic mass is 79.9. The van der Waals surface area contributed by atoms with Gasteiger partial charge in [-0.25, -0.2) is 0 Å². The Balaban J connectivity index is 2.63. The summed E-state index contributed by atoms with van der Waals surface area (Å²) in [6.45, 7) is 1.96. The van der Waals surface area contributed by atoms with Crippen molar-refractivity contribution < 1.29 is 4.79 Å². The van der Waals surface area contributed by atoms with Gasteiger partial charge in [-0.1, -0.05) is 27.5 Å². The van der Waals surface area contributed by atoms with Crippen LogP contribution in [0.1, 0.15) is 30.1 Å². The average molecular weight is 339 g/mol. The Labute approximate surface area is 120 Å². The Morgan fingerprint density at radius 3 is 2.82 bits per heavy atom. The molecule has 0 aliphatic carbocycles. The van der Waals surface area contributed by atoms with Gasteiger partial charge in [-0.2, -0.15) is 0 Å². The van der Waals surface area contributed by atoms with Gasteiger partial charge in [0, 0.05) is 16.4 Å². The van der Waals surface area contributed by atoms with Crippen molar-refractivity contribution in [3.63, 3.8) is 0 Å². The van der Waals surface area contributed by atoms with Crippen molar-refractivity contribution in [2.45, 2.75) is 25.8 Å². The molecule has 1 amide bonds. The first-order chi connectivity index (χ1) is 8.04. The molecule has 0 saturated heterocycles. The summed E-state index contributed by atoms with van der Waals surface area (Å²) in [5.74, 6) is 0.462. The molecule has 17 heavy (non-hydrogen) atoms. The number of hydrogen-bond donors (Lipinski definition) is 1. The van der Waals surface area contributed by atoms with Crippen molar-refractivity contribution >= 4 is 45.0 Å². The van der Waals surface area contributed by atoms with Crippen LogP contribution in [0.5, 0.6) is 0 Å². The summed E-state index contributed by atoms with van der Waals surface area (Å²) in [4.78, 5) is 11.9. The van der Waals surface area contributed by atoms with E-state index >= 15 is 0 Å². The molecule has 1 unspecified atom stereocenters. The van der Waals surface area contributed by atoms with Crippen molar-refractivity contribution in [2.75, 3.05) is 5.88 Å². The summed E-state index contributed by atoms with van der Waals surface area (Å²) in [5, 5.41) is 3.34. The Bertz CT molecular complexity index is 398. The number of rotatable bonds is 5. The molecule has 1 rings (SSSR count). The second kappa shape index (κ2) is 7.24. The summed E-state index contributed by atoms with van der Waals surface area (Å²) in [6, 6.07) is 5.31. The fourth-order valence-electron chi connectivity index (χ4n) is 1.43.